The van der Waals surface area contributed by atoms with E-state index >= 15 is 0 Å². The Kier molecular flexibility index (Phi) is 5.79. The van der Waals surface area contributed by atoms with E-state index in [2.05, 4.69) is 82.5 Å². The Balaban J connectivity index is 1.36. The highest BCUT2D eigenvalue weighted by Gasteiger charge is 2.43. The zero-order valence-electron chi connectivity index (χ0n) is 15.3. The summed E-state index contributed by atoms with van der Waals surface area (Å²) in [6.45, 7) is 2.45. The molecule has 3 heteroatoms. The van der Waals surface area contributed by atoms with Crippen molar-refractivity contribution < 1.29 is 4.74 Å². The number of hydrogen-bond acceptors (Lipinski definition) is 2. The molecule has 3 aromatic rings. The van der Waals surface area contributed by atoms with Crippen LogP contribution in [0.2, 0.25) is 0 Å². The van der Waals surface area contributed by atoms with Crippen LogP contribution in [0.3, 0.4) is 0 Å². The van der Waals surface area contributed by atoms with Crippen molar-refractivity contribution in [2.75, 3.05) is 6.54 Å². The van der Waals surface area contributed by atoms with Gasteiger partial charge in [-0.3, -0.25) is 0 Å². The van der Waals surface area contributed by atoms with Gasteiger partial charge in [-0.2, -0.15) is 0 Å². The quantitative estimate of drug-likeness (QED) is 0.428. The van der Waals surface area contributed by atoms with Gasteiger partial charge in [0.1, 0.15) is 12.4 Å². The Morgan fingerprint density at radius 3 is 2.44 bits per heavy atom. The summed E-state index contributed by atoms with van der Waals surface area (Å²) in [4.78, 5) is 0. The molecule has 1 fully saturated rings. The Morgan fingerprint density at radius 1 is 0.889 bits per heavy atom. The first kappa shape index (κ1) is 18.5. The third-order valence-electron chi connectivity index (χ3n) is 5.28. The van der Waals surface area contributed by atoms with Gasteiger partial charge in [-0.15, -0.1) is 0 Å². The summed E-state index contributed by atoms with van der Waals surface area (Å²) in [5, 5.41) is 3.68. The lowest BCUT2D eigenvalue weighted by Gasteiger charge is -2.18. The fraction of sp³-hybridized carbons (Fsp3) is 0.250. The average Bonchev–Trinajstić information content (AvgIpc) is 3.49. The van der Waals surface area contributed by atoms with Crippen LogP contribution < -0.4 is 10.1 Å². The molecule has 0 atom stereocenters. The zero-order valence-corrected chi connectivity index (χ0v) is 17.5. The van der Waals surface area contributed by atoms with Gasteiger partial charge in [-0.05, 0) is 64.8 Å². The minimum Gasteiger partial charge on any atom is -0.489 e. The molecule has 0 saturated heterocycles. The first-order valence-corrected chi connectivity index (χ1v) is 10.5. The van der Waals surface area contributed by atoms with Gasteiger partial charge >= 0.3 is 0 Å². The Morgan fingerprint density at radius 2 is 1.67 bits per heavy atom. The molecule has 0 aromatic heterocycles. The topological polar surface area (TPSA) is 21.3 Å². The second kappa shape index (κ2) is 8.44. The molecule has 0 heterocycles. The molecular weight excluding hydrogens is 445 g/mol. The highest BCUT2D eigenvalue weighted by atomic mass is 127. The van der Waals surface area contributed by atoms with Crippen molar-refractivity contribution in [2.24, 2.45) is 0 Å². The largest absolute Gasteiger partial charge is 0.489 e. The highest BCUT2D eigenvalue weighted by Crippen LogP contribution is 2.47. The molecule has 138 valence electrons. The summed E-state index contributed by atoms with van der Waals surface area (Å²) in [5.41, 5.74) is 4.19. The number of halogens is 1. The van der Waals surface area contributed by atoms with Crippen LogP contribution in [-0.2, 0) is 18.6 Å². The average molecular weight is 469 g/mol. The Labute approximate surface area is 175 Å². The van der Waals surface area contributed by atoms with Crippen LogP contribution in [0.5, 0.6) is 5.75 Å². The smallest absolute Gasteiger partial charge is 0.124 e. The molecule has 0 unspecified atom stereocenters. The highest BCUT2D eigenvalue weighted by molar-refractivity contribution is 14.1. The van der Waals surface area contributed by atoms with Crippen molar-refractivity contribution >= 4 is 22.6 Å². The molecule has 0 radical (unpaired) electrons. The standard InChI is InChI=1S/C24H24INO/c25-22-11-6-10-21(15-22)24(13-14-24)18-26-16-20-9-4-5-12-23(20)27-17-19-7-2-1-3-8-19/h1-12,15,26H,13-14,16-18H2. The molecule has 1 aliphatic carbocycles. The normalized spacial score (nSPS) is 14.7. The van der Waals surface area contributed by atoms with Gasteiger partial charge in [0.2, 0.25) is 0 Å². The van der Waals surface area contributed by atoms with Crippen LogP contribution in [-0.4, -0.2) is 6.54 Å². The van der Waals surface area contributed by atoms with E-state index in [1.54, 1.807) is 0 Å². The summed E-state index contributed by atoms with van der Waals surface area (Å²) < 4.78 is 7.40. The molecule has 1 saturated carbocycles. The summed E-state index contributed by atoms with van der Waals surface area (Å²) in [7, 11) is 0. The van der Waals surface area contributed by atoms with Crippen molar-refractivity contribution in [1.82, 2.24) is 5.32 Å². The van der Waals surface area contributed by atoms with Crippen LogP contribution in [0, 0.1) is 3.57 Å². The van der Waals surface area contributed by atoms with Crippen molar-refractivity contribution in [3.8, 4) is 5.75 Å². The number of benzene rings is 3. The third-order valence-corrected chi connectivity index (χ3v) is 5.95. The summed E-state index contributed by atoms with van der Waals surface area (Å²) in [5.74, 6) is 0.966. The number of nitrogens with one attached hydrogen (secondary N) is 1. The van der Waals surface area contributed by atoms with E-state index in [1.165, 1.54) is 33.1 Å². The maximum absolute atomic E-state index is 6.08. The van der Waals surface area contributed by atoms with E-state index in [9.17, 15) is 0 Å². The second-order valence-electron chi connectivity index (χ2n) is 7.28. The van der Waals surface area contributed by atoms with Gasteiger partial charge in [-0.1, -0.05) is 60.7 Å². The number of hydrogen-bond donors (Lipinski definition) is 1. The molecule has 0 amide bonds. The van der Waals surface area contributed by atoms with Gasteiger partial charge in [-0.25, -0.2) is 0 Å². The van der Waals surface area contributed by atoms with Gasteiger partial charge in [0.05, 0.1) is 0 Å². The lowest BCUT2D eigenvalue weighted by atomic mass is 9.96. The van der Waals surface area contributed by atoms with Crippen LogP contribution in [0.25, 0.3) is 0 Å². The van der Waals surface area contributed by atoms with Crippen LogP contribution in [0.1, 0.15) is 29.5 Å². The lowest BCUT2D eigenvalue weighted by molar-refractivity contribution is 0.302. The molecule has 27 heavy (non-hydrogen) atoms. The number of rotatable bonds is 8. The molecule has 0 spiro atoms. The molecular formula is C24H24INO. The van der Waals surface area contributed by atoms with Crippen molar-refractivity contribution in [1.29, 1.82) is 0 Å². The van der Waals surface area contributed by atoms with Crippen LogP contribution in [0.4, 0.5) is 0 Å². The maximum Gasteiger partial charge on any atom is 0.124 e. The van der Waals surface area contributed by atoms with Gasteiger partial charge in [0.15, 0.2) is 0 Å². The lowest BCUT2D eigenvalue weighted by Crippen LogP contribution is -2.26. The SMILES string of the molecule is Ic1cccc(C2(CNCc3ccccc3OCc3ccccc3)CC2)c1. The molecule has 4 rings (SSSR count). The summed E-state index contributed by atoms with van der Waals surface area (Å²) >= 11 is 2.40. The Hall–Kier alpha value is -1.85. The van der Waals surface area contributed by atoms with E-state index in [4.69, 9.17) is 4.74 Å². The molecule has 1 aliphatic rings. The molecule has 3 aromatic carbocycles. The fourth-order valence-corrected chi connectivity index (χ4v) is 4.04. The minimum atomic E-state index is 0.320. The fourth-order valence-electron chi connectivity index (χ4n) is 3.50. The number of ether oxygens (including phenoxy) is 1. The van der Waals surface area contributed by atoms with Crippen molar-refractivity contribution in [3.05, 3.63) is 99.1 Å². The van der Waals surface area contributed by atoms with E-state index in [-0.39, 0.29) is 0 Å². The van der Waals surface area contributed by atoms with Gasteiger partial charge in [0, 0.05) is 27.6 Å². The van der Waals surface area contributed by atoms with Crippen molar-refractivity contribution in [2.45, 2.75) is 31.4 Å². The van der Waals surface area contributed by atoms with Gasteiger partial charge < -0.3 is 10.1 Å². The summed E-state index contributed by atoms with van der Waals surface area (Å²) in [6, 6.07) is 27.6. The van der Waals surface area contributed by atoms with E-state index in [0.717, 1.165) is 18.8 Å². The first-order valence-electron chi connectivity index (χ1n) is 9.47. The molecule has 0 aliphatic heterocycles. The minimum absolute atomic E-state index is 0.320. The summed E-state index contributed by atoms with van der Waals surface area (Å²) in [6.07, 6.45) is 2.54. The van der Waals surface area contributed by atoms with Crippen molar-refractivity contribution in [3.63, 3.8) is 0 Å². The van der Waals surface area contributed by atoms with E-state index < -0.39 is 0 Å². The molecule has 1 N–H and O–H groups in total. The third kappa shape index (κ3) is 4.71. The first-order chi connectivity index (χ1) is 13.3. The predicted molar refractivity (Wildman–Crippen MR) is 119 cm³/mol. The van der Waals surface area contributed by atoms with E-state index in [0.29, 0.717) is 12.0 Å². The van der Waals surface area contributed by atoms with Gasteiger partial charge in [0.25, 0.3) is 0 Å². The molecule has 2 nitrogen and oxygen atoms in total. The maximum atomic E-state index is 6.08. The number of para-hydroxylation sites is 1. The zero-order chi connectivity index (χ0) is 18.5. The second-order valence-corrected chi connectivity index (χ2v) is 8.52. The van der Waals surface area contributed by atoms with Crippen LogP contribution in [0.15, 0.2) is 78.9 Å². The van der Waals surface area contributed by atoms with Crippen LogP contribution >= 0.6 is 22.6 Å². The predicted octanol–water partition coefficient (Wildman–Crippen LogP) is 5.69. The Bertz CT molecular complexity index is 890. The monoisotopic (exact) mass is 469 g/mol. The van der Waals surface area contributed by atoms with E-state index in [1.807, 2.05) is 24.3 Å². The molecule has 0 bridgehead atoms.